The van der Waals surface area contributed by atoms with Gasteiger partial charge in [0.05, 0.1) is 18.5 Å². The summed E-state index contributed by atoms with van der Waals surface area (Å²) in [6.07, 6.45) is 5.07. The fourth-order valence-electron chi connectivity index (χ4n) is 3.27. The lowest BCUT2D eigenvalue weighted by Gasteiger charge is -2.32. The van der Waals surface area contributed by atoms with E-state index in [1.54, 1.807) is 18.3 Å². The first-order chi connectivity index (χ1) is 13.7. The van der Waals surface area contributed by atoms with Gasteiger partial charge in [0.15, 0.2) is 5.69 Å². The Labute approximate surface area is 167 Å². The molecular formula is C20H20ClN5O2. The van der Waals surface area contributed by atoms with Crippen LogP contribution in [0.25, 0.3) is 5.69 Å². The highest BCUT2D eigenvalue weighted by Gasteiger charge is 2.27. The van der Waals surface area contributed by atoms with Crippen LogP contribution in [0.2, 0.25) is 5.02 Å². The van der Waals surface area contributed by atoms with Gasteiger partial charge in [-0.25, -0.2) is 4.98 Å². The minimum absolute atomic E-state index is 0.109. The number of hydrogen-bond donors (Lipinski definition) is 0. The molecule has 3 aromatic rings. The quantitative estimate of drug-likeness (QED) is 0.660. The van der Waals surface area contributed by atoms with E-state index < -0.39 is 0 Å². The Bertz CT molecular complexity index is 947. The largest absolute Gasteiger partial charge is 0.476 e. The van der Waals surface area contributed by atoms with Crippen LogP contribution in [0.15, 0.2) is 54.9 Å². The average molecular weight is 398 g/mol. The van der Waals surface area contributed by atoms with Crippen LogP contribution >= 0.6 is 11.6 Å². The van der Waals surface area contributed by atoms with Crippen molar-refractivity contribution in [3.8, 4) is 11.6 Å². The van der Waals surface area contributed by atoms with Crippen LogP contribution < -0.4 is 4.74 Å². The summed E-state index contributed by atoms with van der Waals surface area (Å²) in [6.45, 7) is 1.79. The van der Waals surface area contributed by atoms with E-state index >= 15 is 0 Å². The number of rotatable bonds is 5. The van der Waals surface area contributed by atoms with Gasteiger partial charge in [-0.3, -0.25) is 4.79 Å². The predicted octanol–water partition coefficient (Wildman–Crippen LogP) is 3.25. The molecule has 0 bridgehead atoms. The average Bonchev–Trinajstić information content (AvgIpc) is 3.24. The molecule has 3 heterocycles. The molecule has 1 amide bonds. The van der Waals surface area contributed by atoms with Crippen molar-refractivity contribution in [2.75, 3.05) is 19.7 Å². The zero-order chi connectivity index (χ0) is 19.3. The number of carbonyl (C=O) groups is 1. The molecule has 1 atom stereocenters. The SMILES string of the molecule is O=C(c1cnn(-c2ccccc2)n1)N1CCCC(COc2ncccc2Cl)C1. The van der Waals surface area contributed by atoms with Crippen molar-refractivity contribution in [2.24, 2.45) is 5.92 Å². The summed E-state index contributed by atoms with van der Waals surface area (Å²) in [5.41, 5.74) is 1.16. The first kappa shape index (κ1) is 18.4. The molecule has 0 radical (unpaired) electrons. The molecule has 0 aliphatic carbocycles. The lowest BCUT2D eigenvalue weighted by Crippen LogP contribution is -2.41. The van der Waals surface area contributed by atoms with Gasteiger partial charge in [-0.2, -0.15) is 9.90 Å². The van der Waals surface area contributed by atoms with Crippen molar-refractivity contribution in [1.29, 1.82) is 0 Å². The fourth-order valence-corrected chi connectivity index (χ4v) is 3.44. The number of para-hydroxylation sites is 1. The number of pyridine rings is 1. The highest BCUT2D eigenvalue weighted by Crippen LogP contribution is 2.23. The number of ether oxygens (including phenoxy) is 1. The van der Waals surface area contributed by atoms with E-state index in [0.29, 0.717) is 36.3 Å². The number of aromatic nitrogens is 4. The Morgan fingerprint density at radius 2 is 2.07 bits per heavy atom. The molecule has 28 heavy (non-hydrogen) atoms. The normalized spacial score (nSPS) is 16.8. The molecule has 0 spiro atoms. The molecule has 8 heteroatoms. The first-order valence-corrected chi connectivity index (χ1v) is 9.59. The van der Waals surface area contributed by atoms with Crippen molar-refractivity contribution < 1.29 is 9.53 Å². The molecule has 1 aliphatic heterocycles. The van der Waals surface area contributed by atoms with Crippen LogP contribution in [0, 0.1) is 5.92 Å². The maximum Gasteiger partial charge on any atom is 0.276 e. The van der Waals surface area contributed by atoms with E-state index in [1.165, 1.54) is 11.0 Å². The first-order valence-electron chi connectivity index (χ1n) is 9.21. The number of nitrogens with zero attached hydrogens (tertiary/aromatic N) is 5. The minimum atomic E-state index is -0.109. The highest BCUT2D eigenvalue weighted by molar-refractivity contribution is 6.31. The Morgan fingerprint density at radius 3 is 2.89 bits per heavy atom. The second-order valence-electron chi connectivity index (χ2n) is 6.72. The monoisotopic (exact) mass is 397 g/mol. The second-order valence-corrected chi connectivity index (χ2v) is 7.12. The molecule has 1 aliphatic rings. The van der Waals surface area contributed by atoms with Gasteiger partial charge < -0.3 is 9.64 Å². The van der Waals surface area contributed by atoms with Gasteiger partial charge >= 0.3 is 0 Å². The number of carbonyl (C=O) groups excluding carboxylic acids is 1. The Balaban J connectivity index is 1.38. The van der Waals surface area contributed by atoms with Crippen LogP contribution in [0.5, 0.6) is 5.88 Å². The lowest BCUT2D eigenvalue weighted by molar-refractivity contribution is 0.0625. The summed E-state index contributed by atoms with van der Waals surface area (Å²) in [5.74, 6) is 0.543. The van der Waals surface area contributed by atoms with E-state index in [4.69, 9.17) is 16.3 Å². The summed E-state index contributed by atoms with van der Waals surface area (Å²) in [4.78, 5) is 20.3. The minimum Gasteiger partial charge on any atom is -0.476 e. The van der Waals surface area contributed by atoms with E-state index in [0.717, 1.165) is 18.5 Å². The third-order valence-corrected chi connectivity index (χ3v) is 4.97. The molecule has 1 saturated heterocycles. The number of hydrogen-bond acceptors (Lipinski definition) is 5. The smallest absolute Gasteiger partial charge is 0.276 e. The van der Waals surface area contributed by atoms with Crippen LogP contribution in [0.1, 0.15) is 23.3 Å². The van der Waals surface area contributed by atoms with Crippen molar-refractivity contribution in [3.05, 3.63) is 65.6 Å². The van der Waals surface area contributed by atoms with Gasteiger partial charge in [0, 0.05) is 25.2 Å². The molecule has 1 fully saturated rings. The summed E-state index contributed by atoms with van der Waals surface area (Å²) >= 11 is 6.08. The third-order valence-electron chi connectivity index (χ3n) is 4.68. The standard InChI is InChI=1S/C20H20ClN5O2/c21-17-9-4-10-22-19(17)28-14-15-6-5-11-25(13-15)20(27)18-12-23-26(24-18)16-7-2-1-3-8-16/h1-4,7-10,12,15H,5-6,11,13-14H2. The third kappa shape index (κ3) is 4.14. The number of amides is 1. The van der Waals surface area contributed by atoms with Gasteiger partial charge in [-0.05, 0) is 37.1 Å². The highest BCUT2D eigenvalue weighted by atomic mass is 35.5. The lowest BCUT2D eigenvalue weighted by atomic mass is 9.99. The molecule has 4 rings (SSSR count). The zero-order valence-electron chi connectivity index (χ0n) is 15.2. The molecular weight excluding hydrogens is 378 g/mol. The van der Waals surface area contributed by atoms with Gasteiger partial charge in [0.1, 0.15) is 5.02 Å². The maximum absolute atomic E-state index is 12.9. The van der Waals surface area contributed by atoms with Gasteiger partial charge in [-0.15, -0.1) is 5.10 Å². The number of likely N-dealkylation sites (tertiary alicyclic amines) is 1. The van der Waals surface area contributed by atoms with Gasteiger partial charge in [-0.1, -0.05) is 29.8 Å². The molecule has 1 unspecified atom stereocenters. The summed E-state index contributed by atoms with van der Waals surface area (Å²) < 4.78 is 5.76. The maximum atomic E-state index is 12.9. The Morgan fingerprint density at radius 1 is 1.21 bits per heavy atom. The molecule has 0 saturated carbocycles. The van der Waals surface area contributed by atoms with Crippen LogP contribution in [-0.2, 0) is 0 Å². The zero-order valence-corrected chi connectivity index (χ0v) is 16.0. The second kappa shape index (κ2) is 8.39. The fraction of sp³-hybridized carbons (Fsp3) is 0.300. The number of piperidine rings is 1. The Hall–Kier alpha value is -2.93. The van der Waals surface area contributed by atoms with Crippen molar-refractivity contribution in [3.63, 3.8) is 0 Å². The molecule has 144 valence electrons. The molecule has 0 N–H and O–H groups in total. The molecule has 1 aromatic carbocycles. The van der Waals surface area contributed by atoms with Gasteiger partial charge in [0.2, 0.25) is 5.88 Å². The van der Waals surface area contributed by atoms with E-state index in [-0.39, 0.29) is 11.8 Å². The van der Waals surface area contributed by atoms with Gasteiger partial charge in [0.25, 0.3) is 5.91 Å². The van der Waals surface area contributed by atoms with E-state index in [9.17, 15) is 4.79 Å². The Kier molecular flexibility index (Phi) is 5.53. The van der Waals surface area contributed by atoms with Crippen molar-refractivity contribution in [2.45, 2.75) is 12.8 Å². The summed E-state index contributed by atoms with van der Waals surface area (Å²) in [6, 6.07) is 13.0. The number of benzene rings is 1. The van der Waals surface area contributed by atoms with Crippen LogP contribution in [-0.4, -0.2) is 50.5 Å². The predicted molar refractivity (Wildman–Crippen MR) is 105 cm³/mol. The molecule has 7 nitrogen and oxygen atoms in total. The van der Waals surface area contributed by atoms with E-state index in [1.807, 2.05) is 35.2 Å². The van der Waals surface area contributed by atoms with Crippen LogP contribution in [0.4, 0.5) is 0 Å². The number of halogens is 1. The van der Waals surface area contributed by atoms with Crippen LogP contribution in [0.3, 0.4) is 0 Å². The molecule has 2 aromatic heterocycles. The summed E-state index contributed by atoms with van der Waals surface area (Å²) in [7, 11) is 0. The van der Waals surface area contributed by atoms with Crippen molar-refractivity contribution >= 4 is 17.5 Å². The summed E-state index contributed by atoms with van der Waals surface area (Å²) in [5, 5.41) is 9.05. The van der Waals surface area contributed by atoms with Crippen molar-refractivity contribution in [1.82, 2.24) is 24.9 Å². The topological polar surface area (TPSA) is 73.1 Å². The van der Waals surface area contributed by atoms with E-state index in [2.05, 4.69) is 15.2 Å².